The summed E-state index contributed by atoms with van der Waals surface area (Å²) in [6, 6.07) is 14.7. The van der Waals surface area contributed by atoms with Crippen LogP contribution in [0.15, 0.2) is 54.2 Å². The molecule has 0 unspecified atom stereocenters. The van der Waals surface area contributed by atoms with E-state index < -0.39 is 0 Å². The Morgan fingerprint density at radius 1 is 0.938 bits per heavy atom. The van der Waals surface area contributed by atoms with Crippen LogP contribution < -0.4 is 14.4 Å². The third kappa shape index (κ3) is 4.78. The number of para-hydroxylation sites is 1. The van der Waals surface area contributed by atoms with E-state index in [2.05, 4.69) is 0 Å². The summed E-state index contributed by atoms with van der Waals surface area (Å²) in [5.74, 6) is 0.387. The number of benzene rings is 2. The molecule has 0 radical (unpaired) electrons. The van der Waals surface area contributed by atoms with Crippen LogP contribution in [0.2, 0.25) is 0 Å². The van der Waals surface area contributed by atoms with Gasteiger partial charge in [0.2, 0.25) is 0 Å². The van der Waals surface area contributed by atoms with Crippen molar-refractivity contribution < 1.29 is 23.8 Å². The average Bonchev–Trinajstić information content (AvgIpc) is 3.05. The lowest BCUT2D eigenvalue weighted by atomic mass is 10.0. The Hall–Kier alpha value is -3.32. The Labute approximate surface area is 189 Å². The monoisotopic (exact) mass is 438 g/mol. The number of methoxy groups -OCH3 is 2. The minimum atomic E-state index is -0.329. The number of imide groups is 1. The van der Waals surface area contributed by atoms with Gasteiger partial charge in [-0.05, 0) is 50.1 Å². The summed E-state index contributed by atoms with van der Waals surface area (Å²) in [4.78, 5) is 29.9. The number of carbonyl (C=O) groups is 2. The first-order valence-electron chi connectivity index (χ1n) is 10.6. The maximum atomic E-state index is 13.5. The second kappa shape index (κ2) is 10.3. The molecule has 0 bridgehead atoms. The summed E-state index contributed by atoms with van der Waals surface area (Å²) in [5, 5.41) is 0. The Balaban J connectivity index is 2.02. The Kier molecular flexibility index (Phi) is 7.53. The maximum absolute atomic E-state index is 13.5. The van der Waals surface area contributed by atoms with E-state index in [0.29, 0.717) is 41.4 Å². The molecule has 2 aromatic carbocycles. The molecule has 1 aliphatic rings. The molecule has 32 heavy (non-hydrogen) atoms. The molecule has 1 heterocycles. The van der Waals surface area contributed by atoms with Crippen LogP contribution in [0.4, 0.5) is 5.69 Å². The van der Waals surface area contributed by atoms with Crippen LogP contribution in [0, 0.1) is 0 Å². The van der Waals surface area contributed by atoms with Crippen molar-refractivity contribution in [3.05, 3.63) is 59.8 Å². The predicted octanol–water partition coefficient (Wildman–Crippen LogP) is 3.74. The molecule has 0 fully saturated rings. The quantitative estimate of drug-likeness (QED) is 0.416. The number of hydrogen-bond acceptors (Lipinski definition) is 6. The number of nitrogens with zero attached hydrogens (tertiary/aromatic N) is 2. The van der Waals surface area contributed by atoms with Gasteiger partial charge in [0.25, 0.3) is 11.8 Å². The number of carbonyl (C=O) groups excluding carboxylic acids is 2. The highest BCUT2D eigenvalue weighted by atomic mass is 16.5. The van der Waals surface area contributed by atoms with Crippen LogP contribution >= 0.6 is 0 Å². The number of anilines is 1. The van der Waals surface area contributed by atoms with Gasteiger partial charge in [-0.1, -0.05) is 24.3 Å². The molecule has 3 rings (SSSR count). The molecule has 0 N–H and O–H groups in total. The van der Waals surface area contributed by atoms with Gasteiger partial charge in [0, 0.05) is 25.9 Å². The van der Waals surface area contributed by atoms with E-state index in [4.69, 9.17) is 14.2 Å². The zero-order chi connectivity index (χ0) is 23.3. The number of amides is 2. The summed E-state index contributed by atoms with van der Waals surface area (Å²) in [6.07, 6.45) is 0.664. The highest BCUT2D eigenvalue weighted by Gasteiger charge is 2.41. The second-order valence-electron chi connectivity index (χ2n) is 7.72. The zero-order valence-electron chi connectivity index (χ0n) is 19.3. The number of rotatable bonds is 10. The Bertz CT molecular complexity index is 1000. The number of ether oxygens (including phenoxy) is 3. The third-order valence-electron chi connectivity index (χ3n) is 5.27. The van der Waals surface area contributed by atoms with Gasteiger partial charge in [-0.3, -0.25) is 14.5 Å². The van der Waals surface area contributed by atoms with Crippen molar-refractivity contribution >= 4 is 23.1 Å². The molecule has 0 spiro atoms. The van der Waals surface area contributed by atoms with Crippen molar-refractivity contribution in [2.24, 2.45) is 0 Å². The predicted molar refractivity (Wildman–Crippen MR) is 124 cm³/mol. The van der Waals surface area contributed by atoms with Gasteiger partial charge in [-0.15, -0.1) is 0 Å². The van der Waals surface area contributed by atoms with Gasteiger partial charge in [0.15, 0.2) is 11.5 Å². The van der Waals surface area contributed by atoms with Gasteiger partial charge in [0.1, 0.15) is 5.70 Å². The van der Waals surface area contributed by atoms with E-state index in [1.807, 2.05) is 44.2 Å². The molecule has 1 aliphatic heterocycles. The van der Waals surface area contributed by atoms with Crippen molar-refractivity contribution in [1.82, 2.24) is 4.90 Å². The first-order valence-corrected chi connectivity index (χ1v) is 10.6. The lowest BCUT2D eigenvalue weighted by Gasteiger charge is -2.21. The lowest BCUT2D eigenvalue weighted by Crippen LogP contribution is -2.35. The summed E-state index contributed by atoms with van der Waals surface area (Å²) in [6.45, 7) is 4.67. The fourth-order valence-corrected chi connectivity index (χ4v) is 3.65. The largest absolute Gasteiger partial charge is 0.493 e. The van der Waals surface area contributed by atoms with Gasteiger partial charge in [-0.25, -0.2) is 0 Å². The molecule has 0 aromatic heterocycles. The number of likely N-dealkylation sites (N-methyl/N-ethyl adjacent to an activating group) is 1. The standard InChI is InChI=1S/C25H30N2O5/c1-17(2)32-15-9-14-27-24(28)22(18-12-13-20(30-4)21(16-18)31-5)23(25(27)29)26(3)19-10-7-6-8-11-19/h6-8,10-13,16-17H,9,14-15H2,1-5H3. The second-order valence-corrected chi connectivity index (χ2v) is 7.72. The first-order chi connectivity index (χ1) is 15.4. The molecule has 7 heteroatoms. The molecular weight excluding hydrogens is 408 g/mol. The summed E-state index contributed by atoms with van der Waals surface area (Å²) >= 11 is 0. The van der Waals surface area contributed by atoms with Crippen LogP contribution in [-0.4, -0.2) is 57.2 Å². The van der Waals surface area contributed by atoms with Gasteiger partial charge < -0.3 is 19.1 Å². The fraction of sp³-hybridized carbons (Fsp3) is 0.360. The molecule has 0 aliphatic carbocycles. The van der Waals surface area contributed by atoms with Crippen LogP contribution in [0.3, 0.4) is 0 Å². The van der Waals surface area contributed by atoms with Crippen molar-refractivity contribution in [1.29, 1.82) is 0 Å². The zero-order valence-corrected chi connectivity index (χ0v) is 19.3. The van der Waals surface area contributed by atoms with Crippen LogP contribution in [0.1, 0.15) is 25.8 Å². The molecule has 2 aromatic rings. The van der Waals surface area contributed by atoms with Crippen molar-refractivity contribution in [2.75, 3.05) is 39.3 Å². The maximum Gasteiger partial charge on any atom is 0.278 e. The fourth-order valence-electron chi connectivity index (χ4n) is 3.65. The summed E-state index contributed by atoms with van der Waals surface area (Å²) < 4.78 is 16.3. The van der Waals surface area contributed by atoms with Gasteiger partial charge >= 0.3 is 0 Å². The van der Waals surface area contributed by atoms with Crippen LogP contribution in [0.25, 0.3) is 5.57 Å². The van der Waals surface area contributed by atoms with Crippen LogP contribution in [0.5, 0.6) is 11.5 Å². The smallest absolute Gasteiger partial charge is 0.278 e. The summed E-state index contributed by atoms with van der Waals surface area (Å²) in [5.41, 5.74) is 2.08. The molecule has 7 nitrogen and oxygen atoms in total. The SMILES string of the molecule is COc1ccc(C2=C(N(C)c3ccccc3)C(=O)N(CCCOC(C)C)C2=O)cc1OC. The minimum absolute atomic E-state index is 0.0974. The van der Waals surface area contributed by atoms with E-state index in [1.54, 1.807) is 37.3 Å². The highest BCUT2D eigenvalue weighted by molar-refractivity contribution is 6.36. The molecular formula is C25H30N2O5. The van der Waals surface area contributed by atoms with Crippen molar-refractivity contribution in [3.8, 4) is 11.5 Å². The van der Waals surface area contributed by atoms with E-state index >= 15 is 0 Å². The topological polar surface area (TPSA) is 68.3 Å². The lowest BCUT2D eigenvalue weighted by molar-refractivity contribution is -0.137. The first kappa shape index (κ1) is 23.3. The van der Waals surface area contributed by atoms with Gasteiger partial charge in [-0.2, -0.15) is 0 Å². The molecule has 0 saturated heterocycles. The minimum Gasteiger partial charge on any atom is -0.493 e. The van der Waals surface area contributed by atoms with E-state index in [9.17, 15) is 9.59 Å². The summed E-state index contributed by atoms with van der Waals surface area (Å²) in [7, 11) is 4.88. The Morgan fingerprint density at radius 3 is 2.25 bits per heavy atom. The van der Waals surface area contributed by atoms with E-state index in [-0.39, 0.29) is 24.5 Å². The van der Waals surface area contributed by atoms with Crippen molar-refractivity contribution in [3.63, 3.8) is 0 Å². The van der Waals surface area contributed by atoms with Gasteiger partial charge in [0.05, 0.1) is 25.9 Å². The molecule has 0 atom stereocenters. The molecule has 2 amide bonds. The van der Waals surface area contributed by atoms with Crippen LogP contribution in [-0.2, 0) is 14.3 Å². The van der Waals surface area contributed by atoms with E-state index in [1.165, 1.54) is 12.0 Å². The van der Waals surface area contributed by atoms with E-state index in [0.717, 1.165) is 5.69 Å². The highest BCUT2D eigenvalue weighted by Crippen LogP contribution is 2.37. The Morgan fingerprint density at radius 2 is 1.62 bits per heavy atom. The normalized spacial score (nSPS) is 13.9. The van der Waals surface area contributed by atoms with Crippen molar-refractivity contribution in [2.45, 2.75) is 26.4 Å². The third-order valence-corrected chi connectivity index (χ3v) is 5.27. The average molecular weight is 439 g/mol. The molecule has 170 valence electrons. The number of hydrogen-bond donors (Lipinski definition) is 0. The molecule has 0 saturated carbocycles.